The maximum absolute atomic E-state index is 12.4. The molecule has 3 amide bonds. The number of benzene rings is 2. The normalized spacial score (nSPS) is 12.9. The molecular formula is C22H30N4O3. The van der Waals surface area contributed by atoms with Gasteiger partial charge >= 0.3 is 6.03 Å². The second-order valence-electron chi connectivity index (χ2n) is 7.32. The quantitative estimate of drug-likeness (QED) is 0.549. The van der Waals surface area contributed by atoms with E-state index < -0.39 is 6.10 Å². The van der Waals surface area contributed by atoms with E-state index in [0.717, 1.165) is 11.1 Å². The summed E-state index contributed by atoms with van der Waals surface area (Å²) in [5.74, 6) is -0.347. The summed E-state index contributed by atoms with van der Waals surface area (Å²) in [6.07, 6.45) is -0.688. The first-order valence-electron chi connectivity index (χ1n) is 9.57. The van der Waals surface area contributed by atoms with Crippen molar-refractivity contribution >= 4 is 17.6 Å². The molecule has 0 aliphatic rings. The maximum atomic E-state index is 12.4. The third-order valence-electron chi connectivity index (χ3n) is 4.68. The van der Waals surface area contributed by atoms with E-state index >= 15 is 0 Å². The molecule has 7 heteroatoms. The van der Waals surface area contributed by atoms with Crippen LogP contribution >= 0.6 is 0 Å². The van der Waals surface area contributed by atoms with E-state index in [-0.39, 0.29) is 17.9 Å². The number of anilines is 1. The highest BCUT2D eigenvalue weighted by molar-refractivity contribution is 5.96. The Kier molecular flexibility index (Phi) is 8.18. The predicted octanol–water partition coefficient (Wildman–Crippen LogP) is 2.39. The number of rotatable bonds is 8. The molecule has 0 fully saturated rings. The SMILES string of the molecule is CNC(=O)c1ccc(NC(=O)NCC(CN(C)C)C(O)c2ccccc2)c(C)c1. The van der Waals surface area contributed by atoms with E-state index in [1.165, 1.54) is 0 Å². The van der Waals surface area contributed by atoms with Crippen molar-refractivity contribution in [1.29, 1.82) is 0 Å². The smallest absolute Gasteiger partial charge is 0.319 e. The summed E-state index contributed by atoms with van der Waals surface area (Å²) >= 11 is 0. The van der Waals surface area contributed by atoms with Gasteiger partial charge in [-0.05, 0) is 50.3 Å². The van der Waals surface area contributed by atoms with Gasteiger partial charge in [0.2, 0.25) is 0 Å². The van der Waals surface area contributed by atoms with Crippen molar-refractivity contribution in [3.63, 3.8) is 0 Å². The molecule has 2 aromatic carbocycles. The highest BCUT2D eigenvalue weighted by atomic mass is 16.3. The molecular weight excluding hydrogens is 368 g/mol. The largest absolute Gasteiger partial charge is 0.388 e. The number of amides is 3. The molecule has 0 saturated carbocycles. The zero-order chi connectivity index (χ0) is 21.4. The summed E-state index contributed by atoms with van der Waals surface area (Å²) in [5, 5.41) is 19.0. The van der Waals surface area contributed by atoms with Crippen molar-refractivity contribution in [2.75, 3.05) is 39.5 Å². The van der Waals surface area contributed by atoms with Crippen molar-refractivity contribution in [2.45, 2.75) is 13.0 Å². The fraction of sp³-hybridized carbons (Fsp3) is 0.364. The highest BCUT2D eigenvalue weighted by Crippen LogP contribution is 2.22. The number of hydrogen-bond donors (Lipinski definition) is 4. The van der Waals surface area contributed by atoms with Crippen molar-refractivity contribution in [2.24, 2.45) is 5.92 Å². The number of carbonyl (C=O) groups is 2. The lowest BCUT2D eigenvalue weighted by Gasteiger charge is -2.26. The first-order chi connectivity index (χ1) is 13.8. The lowest BCUT2D eigenvalue weighted by Crippen LogP contribution is -2.39. The van der Waals surface area contributed by atoms with Crippen LogP contribution in [0, 0.1) is 12.8 Å². The van der Waals surface area contributed by atoms with Crippen molar-refractivity contribution in [3.8, 4) is 0 Å². The molecule has 29 heavy (non-hydrogen) atoms. The van der Waals surface area contributed by atoms with Crippen LogP contribution in [0.4, 0.5) is 10.5 Å². The number of aliphatic hydroxyl groups excluding tert-OH is 1. The van der Waals surface area contributed by atoms with Crippen LogP contribution in [0.3, 0.4) is 0 Å². The number of nitrogens with zero attached hydrogens (tertiary/aromatic N) is 1. The Bertz CT molecular complexity index is 824. The monoisotopic (exact) mass is 398 g/mol. The third-order valence-corrected chi connectivity index (χ3v) is 4.68. The van der Waals surface area contributed by atoms with Crippen LogP contribution in [0.1, 0.15) is 27.6 Å². The maximum Gasteiger partial charge on any atom is 0.319 e. The van der Waals surface area contributed by atoms with Gasteiger partial charge in [0, 0.05) is 37.3 Å². The molecule has 156 valence electrons. The molecule has 0 aromatic heterocycles. The van der Waals surface area contributed by atoms with E-state index in [0.29, 0.717) is 24.3 Å². The molecule has 2 atom stereocenters. The van der Waals surface area contributed by atoms with Gasteiger partial charge in [0.15, 0.2) is 0 Å². The van der Waals surface area contributed by atoms with Crippen LogP contribution in [-0.2, 0) is 0 Å². The van der Waals surface area contributed by atoms with E-state index in [1.54, 1.807) is 25.2 Å². The summed E-state index contributed by atoms with van der Waals surface area (Å²) in [4.78, 5) is 26.1. The Balaban J connectivity index is 2.00. The van der Waals surface area contributed by atoms with Crippen molar-refractivity contribution < 1.29 is 14.7 Å². The Labute approximate surface area is 172 Å². The standard InChI is InChI=1S/C22H30N4O3/c1-15-12-17(21(28)23-2)10-11-19(15)25-22(29)24-13-18(14-26(3)4)20(27)16-8-6-5-7-9-16/h5-12,18,20,27H,13-14H2,1-4H3,(H,23,28)(H2,24,25,29). The average molecular weight is 399 g/mol. The molecule has 2 rings (SSSR count). The first-order valence-corrected chi connectivity index (χ1v) is 9.57. The summed E-state index contributed by atoms with van der Waals surface area (Å²) in [7, 11) is 5.44. The van der Waals surface area contributed by atoms with E-state index in [9.17, 15) is 14.7 Å². The summed E-state index contributed by atoms with van der Waals surface area (Å²) in [6.45, 7) is 2.77. The van der Waals surface area contributed by atoms with Crippen LogP contribution in [0.15, 0.2) is 48.5 Å². The van der Waals surface area contributed by atoms with E-state index in [1.807, 2.05) is 56.3 Å². The van der Waals surface area contributed by atoms with Gasteiger partial charge in [-0.1, -0.05) is 30.3 Å². The fourth-order valence-electron chi connectivity index (χ4n) is 3.15. The molecule has 0 bridgehead atoms. The Morgan fingerprint density at radius 3 is 2.38 bits per heavy atom. The van der Waals surface area contributed by atoms with Gasteiger partial charge in [0.25, 0.3) is 5.91 Å². The van der Waals surface area contributed by atoms with E-state index in [4.69, 9.17) is 0 Å². The second kappa shape index (κ2) is 10.6. The lowest BCUT2D eigenvalue weighted by molar-refractivity contribution is 0.0911. The number of aliphatic hydroxyl groups is 1. The highest BCUT2D eigenvalue weighted by Gasteiger charge is 2.22. The van der Waals surface area contributed by atoms with Crippen LogP contribution in [0.5, 0.6) is 0 Å². The minimum absolute atomic E-state index is 0.171. The Hall–Kier alpha value is -2.90. The number of aryl methyl sites for hydroxylation is 1. The molecule has 0 saturated heterocycles. The van der Waals surface area contributed by atoms with Crippen LogP contribution in [-0.4, -0.2) is 56.2 Å². The topological polar surface area (TPSA) is 93.7 Å². The zero-order valence-electron chi connectivity index (χ0n) is 17.4. The van der Waals surface area contributed by atoms with Gasteiger partial charge in [-0.3, -0.25) is 4.79 Å². The number of urea groups is 1. The van der Waals surface area contributed by atoms with Gasteiger partial charge in [-0.25, -0.2) is 4.79 Å². The molecule has 0 radical (unpaired) electrons. The van der Waals surface area contributed by atoms with Gasteiger partial charge in [0.05, 0.1) is 6.10 Å². The molecule has 0 heterocycles. The van der Waals surface area contributed by atoms with Crippen molar-refractivity contribution in [1.82, 2.24) is 15.5 Å². The summed E-state index contributed by atoms with van der Waals surface area (Å²) < 4.78 is 0. The molecule has 0 aliphatic carbocycles. The fourth-order valence-corrected chi connectivity index (χ4v) is 3.15. The summed E-state index contributed by atoms with van der Waals surface area (Å²) in [6, 6.07) is 14.2. The van der Waals surface area contributed by atoms with Crippen LogP contribution in [0.2, 0.25) is 0 Å². The van der Waals surface area contributed by atoms with Crippen LogP contribution in [0.25, 0.3) is 0 Å². The molecule has 2 aromatic rings. The van der Waals surface area contributed by atoms with Crippen LogP contribution < -0.4 is 16.0 Å². The van der Waals surface area contributed by atoms with Gasteiger partial charge in [-0.2, -0.15) is 0 Å². The van der Waals surface area contributed by atoms with Gasteiger partial charge < -0.3 is 26.0 Å². The Morgan fingerprint density at radius 1 is 1.10 bits per heavy atom. The zero-order valence-corrected chi connectivity index (χ0v) is 17.4. The summed E-state index contributed by atoms with van der Waals surface area (Å²) in [5.41, 5.74) is 2.77. The third kappa shape index (κ3) is 6.58. The molecule has 4 N–H and O–H groups in total. The van der Waals surface area contributed by atoms with E-state index in [2.05, 4.69) is 16.0 Å². The molecule has 0 spiro atoms. The number of nitrogens with one attached hydrogen (secondary N) is 3. The van der Waals surface area contributed by atoms with Crippen molar-refractivity contribution in [3.05, 3.63) is 65.2 Å². The average Bonchev–Trinajstić information content (AvgIpc) is 2.71. The van der Waals surface area contributed by atoms with Gasteiger partial charge in [-0.15, -0.1) is 0 Å². The molecule has 7 nitrogen and oxygen atoms in total. The number of hydrogen-bond acceptors (Lipinski definition) is 4. The molecule has 0 aliphatic heterocycles. The van der Waals surface area contributed by atoms with Gasteiger partial charge in [0.1, 0.15) is 0 Å². The first kappa shape index (κ1) is 22.4. The predicted molar refractivity (Wildman–Crippen MR) is 115 cm³/mol. The molecule has 2 unspecified atom stereocenters. The minimum Gasteiger partial charge on any atom is -0.388 e. The Morgan fingerprint density at radius 2 is 1.79 bits per heavy atom. The lowest BCUT2D eigenvalue weighted by atomic mass is 9.95. The number of carbonyl (C=O) groups excluding carboxylic acids is 2. The second-order valence-corrected chi connectivity index (χ2v) is 7.32. The minimum atomic E-state index is -0.688.